The maximum atomic E-state index is 10.2. The van der Waals surface area contributed by atoms with E-state index in [0.717, 1.165) is 32.4 Å². The Labute approximate surface area is 125 Å². The lowest BCUT2D eigenvalue weighted by Gasteiger charge is -2.36. The van der Waals surface area contributed by atoms with Crippen LogP contribution in [0.4, 0.5) is 11.9 Å². The van der Waals surface area contributed by atoms with E-state index in [9.17, 15) is 5.11 Å². The third kappa shape index (κ3) is 4.42. The lowest BCUT2D eigenvalue weighted by molar-refractivity contribution is 0.0444. The van der Waals surface area contributed by atoms with Gasteiger partial charge in [0, 0.05) is 19.6 Å². The van der Waals surface area contributed by atoms with E-state index in [-0.39, 0.29) is 0 Å². The molecule has 0 spiro atoms. The minimum Gasteiger partial charge on any atom is -0.464 e. The summed E-state index contributed by atoms with van der Waals surface area (Å²) >= 11 is 0. The monoisotopic (exact) mass is 295 g/mol. The molecular weight excluding hydrogens is 270 g/mol. The Morgan fingerprint density at radius 1 is 1.33 bits per heavy atom. The van der Waals surface area contributed by atoms with Gasteiger partial charge in [-0.1, -0.05) is 6.92 Å². The molecule has 1 aliphatic heterocycles. The number of piperidine rings is 1. The summed E-state index contributed by atoms with van der Waals surface area (Å²) in [6.07, 6.45) is 2.71. The number of nitrogens with one attached hydrogen (secondary N) is 1. The predicted octanol–water partition coefficient (Wildman–Crippen LogP) is 1.44. The largest absolute Gasteiger partial charge is 0.464 e. The van der Waals surface area contributed by atoms with Crippen LogP contribution in [0.1, 0.15) is 40.0 Å². The molecule has 1 fully saturated rings. The van der Waals surface area contributed by atoms with Crippen molar-refractivity contribution in [3.05, 3.63) is 0 Å². The normalized spacial score (nSPS) is 22.2. The highest BCUT2D eigenvalue weighted by Gasteiger charge is 2.30. The quantitative estimate of drug-likeness (QED) is 0.821. The van der Waals surface area contributed by atoms with Crippen LogP contribution < -0.4 is 15.0 Å². The number of hydrogen-bond donors (Lipinski definition) is 2. The van der Waals surface area contributed by atoms with Crippen LogP contribution in [0.15, 0.2) is 0 Å². The van der Waals surface area contributed by atoms with Gasteiger partial charge in [-0.2, -0.15) is 15.0 Å². The Morgan fingerprint density at radius 2 is 2.14 bits per heavy atom. The summed E-state index contributed by atoms with van der Waals surface area (Å²) in [6, 6.07) is 0.325. The third-order valence-corrected chi connectivity index (χ3v) is 3.37. The van der Waals surface area contributed by atoms with Crippen LogP contribution in [0.25, 0.3) is 0 Å². The molecule has 2 rings (SSSR count). The lowest BCUT2D eigenvalue weighted by Crippen LogP contribution is -2.46. The van der Waals surface area contributed by atoms with Crippen LogP contribution in [0.2, 0.25) is 0 Å². The first-order valence-corrected chi connectivity index (χ1v) is 7.64. The second-order valence-corrected chi connectivity index (χ2v) is 5.62. The van der Waals surface area contributed by atoms with Crippen LogP contribution in [0.5, 0.6) is 6.01 Å². The molecule has 1 atom stereocenters. The Kier molecular flexibility index (Phi) is 5.17. The van der Waals surface area contributed by atoms with Crippen molar-refractivity contribution in [2.45, 2.75) is 45.6 Å². The van der Waals surface area contributed by atoms with E-state index in [1.807, 2.05) is 18.7 Å². The van der Waals surface area contributed by atoms with Gasteiger partial charge in [-0.3, -0.25) is 0 Å². The van der Waals surface area contributed by atoms with Crippen molar-refractivity contribution in [3.8, 4) is 6.01 Å². The second-order valence-electron chi connectivity index (χ2n) is 5.62. The third-order valence-electron chi connectivity index (χ3n) is 3.37. The molecule has 1 saturated heterocycles. The number of anilines is 2. The van der Waals surface area contributed by atoms with Gasteiger partial charge < -0.3 is 20.1 Å². The first-order valence-electron chi connectivity index (χ1n) is 7.64. The summed E-state index contributed by atoms with van der Waals surface area (Å²) in [6.45, 7) is 8.49. The van der Waals surface area contributed by atoms with Crippen molar-refractivity contribution in [2.24, 2.45) is 0 Å². The Balaban J connectivity index is 2.21. The first-order chi connectivity index (χ1) is 10.0. The van der Waals surface area contributed by atoms with Crippen molar-refractivity contribution in [3.63, 3.8) is 0 Å². The first kappa shape index (κ1) is 15.8. The van der Waals surface area contributed by atoms with Gasteiger partial charge in [0.05, 0.1) is 12.2 Å². The zero-order valence-corrected chi connectivity index (χ0v) is 13.1. The summed E-state index contributed by atoms with van der Waals surface area (Å²) in [5.74, 6) is 1.09. The van der Waals surface area contributed by atoms with E-state index in [1.165, 1.54) is 0 Å². The van der Waals surface area contributed by atoms with Gasteiger partial charge in [0.15, 0.2) is 0 Å². The van der Waals surface area contributed by atoms with Gasteiger partial charge in [-0.25, -0.2) is 0 Å². The van der Waals surface area contributed by atoms with Gasteiger partial charge in [-0.05, 0) is 33.1 Å². The van der Waals surface area contributed by atoms with E-state index in [1.54, 1.807) is 0 Å². The van der Waals surface area contributed by atoms with Gasteiger partial charge in [0.25, 0.3) is 0 Å². The molecule has 7 heteroatoms. The summed E-state index contributed by atoms with van der Waals surface area (Å²) < 4.78 is 5.42. The van der Waals surface area contributed by atoms with E-state index in [2.05, 4.69) is 27.2 Å². The zero-order valence-electron chi connectivity index (χ0n) is 13.1. The molecule has 0 aliphatic carbocycles. The Bertz CT molecular complexity index is 467. The molecule has 2 heterocycles. The number of nitrogens with zero attached hydrogens (tertiary/aromatic N) is 4. The molecule has 0 bridgehead atoms. The number of rotatable bonds is 6. The van der Waals surface area contributed by atoms with Gasteiger partial charge in [0.2, 0.25) is 11.9 Å². The maximum absolute atomic E-state index is 10.2. The number of β-amino-alcohol motifs (C(OH)–C–C–N with tert-alkyl or cyclic N) is 1. The molecule has 1 aromatic rings. The van der Waals surface area contributed by atoms with Gasteiger partial charge in [-0.15, -0.1) is 0 Å². The van der Waals surface area contributed by atoms with Gasteiger partial charge >= 0.3 is 6.01 Å². The number of ether oxygens (including phenoxy) is 1. The number of aliphatic hydroxyl groups is 1. The fourth-order valence-corrected chi connectivity index (χ4v) is 2.39. The molecule has 1 aliphatic rings. The summed E-state index contributed by atoms with van der Waals surface area (Å²) in [7, 11) is 0. The van der Waals surface area contributed by atoms with Crippen LogP contribution in [-0.4, -0.2) is 51.9 Å². The standard InChI is InChI=1S/C14H25N5O2/c1-4-8-15-11-16-12(18-13(17-11)21-5-2)19-9-6-7-14(3,20)10-19/h20H,4-10H2,1-3H3,(H,15,16,17,18). The topological polar surface area (TPSA) is 83.4 Å². The van der Waals surface area contributed by atoms with Crippen LogP contribution in [0, 0.1) is 0 Å². The van der Waals surface area contributed by atoms with Crippen LogP contribution in [0.3, 0.4) is 0 Å². The van der Waals surface area contributed by atoms with E-state index in [4.69, 9.17) is 4.74 Å². The molecule has 1 aromatic heterocycles. The highest BCUT2D eigenvalue weighted by atomic mass is 16.5. The Morgan fingerprint density at radius 3 is 2.81 bits per heavy atom. The van der Waals surface area contributed by atoms with Crippen molar-refractivity contribution in [1.82, 2.24) is 15.0 Å². The minimum atomic E-state index is -0.701. The highest BCUT2D eigenvalue weighted by molar-refractivity contribution is 5.39. The maximum Gasteiger partial charge on any atom is 0.323 e. The molecule has 0 aromatic carbocycles. The summed E-state index contributed by atoms with van der Waals surface area (Å²) in [5, 5.41) is 13.4. The lowest BCUT2D eigenvalue weighted by atomic mass is 9.95. The average molecular weight is 295 g/mol. The predicted molar refractivity (Wildman–Crippen MR) is 81.8 cm³/mol. The average Bonchev–Trinajstić information content (AvgIpc) is 2.44. The molecule has 21 heavy (non-hydrogen) atoms. The summed E-state index contributed by atoms with van der Waals surface area (Å²) in [4.78, 5) is 15.0. The smallest absolute Gasteiger partial charge is 0.323 e. The van der Waals surface area contributed by atoms with Crippen molar-refractivity contribution in [1.29, 1.82) is 0 Å². The van der Waals surface area contributed by atoms with E-state index >= 15 is 0 Å². The molecular formula is C14H25N5O2. The fraction of sp³-hybridized carbons (Fsp3) is 0.786. The zero-order chi connectivity index (χ0) is 15.3. The molecule has 1 unspecified atom stereocenters. The number of hydrogen-bond acceptors (Lipinski definition) is 7. The summed E-state index contributed by atoms with van der Waals surface area (Å²) in [5.41, 5.74) is -0.701. The molecule has 2 N–H and O–H groups in total. The SMILES string of the molecule is CCCNc1nc(OCC)nc(N2CCCC(C)(O)C2)n1. The minimum absolute atomic E-state index is 0.325. The van der Waals surface area contributed by atoms with Crippen molar-refractivity contribution in [2.75, 3.05) is 36.5 Å². The second kappa shape index (κ2) is 6.89. The highest BCUT2D eigenvalue weighted by Crippen LogP contribution is 2.24. The van der Waals surface area contributed by atoms with E-state index < -0.39 is 5.60 Å². The molecule has 118 valence electrons. The fourth-order valence-electron chi connectivity index (χ4n) is 2.39. The Hall–Kier alpha value is -1.63. The van der Waals surface area contributed by atoms with Crippen LogP contribution in [-0.2, 0) is 0 Å². The van der Waals surface area contributed by atoms with Gasteiger partial charge in [0.1, 0.15) is 0 Å². The van der Waals surface area contributed by atoms with Crippen molar-refractivity contribution >= 4 is 11.9 Å². The molecule has 0 amide bonds. The number of aromatic nitrogens is 3. The molecule has 0 saturated carbocycles. The molecule has 7 nitrogen and oxygen atoms in total. The molecule has 0 radical (unpaired) electrons. The van der Waals surface area contributed by atoms with Crippen LogP contribution >= 0.6 is 0 Å². The van der Waals surface area contributed by atoms with Crippen molar-refractivity contribution < 1.29 is 9.84 Å². The van der Waals surface area contributed by atoms with E-state index in [0.29, 0.717) is 31.1 Å².